The minimum absolute atomic E-state index is 0.0270. The fourth-order valence-corrected chi connectivity index (χ4v) is 9.70. The minimum atomic E-state index is -0.975. The topological polar surface area (TPSA) is 141 Å². The number of phenols is 1. The van der Waals surface area contributed by atoms with Crippen LogP contribution in [0.3, 0.4) is 0 Å². The Bertz CT molecular complexity index is 2590. The third kappa shape index (κ3) is 5.12. The number of phenolic OH excluding ortho intramolecular Hbond substituents is 1. The molecule has 0 radical (unpaired) electrons. The number of carbonyl (C=O) groups excluding carboxylic acids is 1. The number of terminal acetylenes is 1. The molecule has 4 fully saturated rings. The largest absolute Gasteiger partial charge is 0.508 e. The number of benzene rings is 3. The molecule has 6 aromatic rings. The molecule has 10 rings (SSSR count). The number of fused-ring (bicyclic) bond motifs is 7. The van der Waals surface area contributed by atoms with E-state index in [1.165, 1.54) is 30.6 Å². The molecule has 7 heterocycles. The molecule has 2 bridgehead atoms. The van der Waals surface area contributed by atoms with Crippen molar-refractivity contribution in [3.8, 4) is 35.2 Å². The number of carbonyl (C=O) groups is 1. The fraction of sp³-hybridized carbons (Fsp3) is 0.385. The molecule has 2 N–H and O–H groups in total. The number of amides is 1. The first kappa shape index (κ1) is 33.6. The molecular formula is C39H35F3N10O3. The molecule has 3 aromatic carbocycles. The molecule has 16 heteroatoms. The lowest BCUT2D eigenvalue weighted by atomic mass is 9.91. The van der Waals surface area contributed by atoms with Gasteiger partial charge < -0.3 is 19.6 Å². The zero-order valence-corrected chi connectivity index (χ0v) is 29.8. The zero-order valence-electron chi connectivity index (χ0n) is 29.8. The summed E-state index contributed by atoms with van der Waals surface area (Å²) in [6.45, 7) is 1.99. The van der Waals surface area contributed by atoms with Crippen molar-refractivity contribution in [2.24, 2.45) is 7.05 Å². The van der Waals surface area contributed by atoms with Crippen LogP contribution in [0.2, 0.25) is 0 Å². The van der Waals surface area contributed by atoms with Gasteiger partial charge in [0.2, 0.25) is 5.82 Å². The molecule has 2 unspecified atom stereocenters. The highest BCUT2D eigenvalue weighted by atomic mass is 19.1. The predicted molar refractivity (Wildman–Crippen MR) is 196 cm³/mol. The van der Waals surface area contributed by atoms with Crippen LogP contribution in [-0.2, 0) is 7.05 Å². The van der Waals surface area contributed by atoms with Crippen LogP contribution in [-0.4, -0.2) is 112 Å². The Kier molecular flexibility index (Phi) is 7.51. The number of hydrogen-bond acceptors (Lipinski definition) is 10. The molecule has 280 valence electrons. The fourth-order valence-electron chi connectivity index (χ4n) is 9.70. The number of aryl methyl sites for hydroxylation is 1. The maximum absolute atomic E-state index is 17.7. The van der Waals surface area contributed by atoms with Gasteiger partial charge in [-0.1, -0.05) is 12.0 Å². The number of rotatable bonds is 6. The van der Waals surface area contributed by atoms with Crippen molar-refractivity contribution in [2.45, 2.75) is 55.9 Å². The van der Waals surface area contributed by atoms with Crippen LogP contribution >= 0.6 is 0 Å². The highest BCUT2D eigenvalue weighted by Crippen LogP contribution is 2.46. The first-order valence-corrected chi connectivity index (χ1v) is 18.4. The van der Waals surface area contributed by atoms with Gasteiger partial charge in [0.05, 0.1) is 28.6 Å². The van der Waals surface area contributed by atoms with Gasteiger partial charge in [0.1, 0.15) is 47.5 Å². The number of aromatic nitrogens is 7. The number of aromatic hydroxyl groups is 1. The summed E-state index contributed by atoms with van der Waals surface area (Å²) in [5.41, 5.74) is -0.329. The number of nitrogens with one attached hydrogen (secondary N) is 1. The number of alkyl halides is 1. The molecule has 4 saturated heterocycles. The summed E-state index contributed by atoms with van der Waals surface area (Å²) < 4.78 is 55.6. The quantitative estimate of drug-likeness (QED) is 0.227. The first-order valence-electron chi connectivity index (χ1n) is 18.4. The zero-order chi connectivity index (χ0) is 37.7. The van der Waals surface area contributed by atoms with Crippen LogP contribution in [0, 0.1) is 24.0 Å². The highest BCUT2D eigenvalue weighted by molar-refractivity contribution is 6.18. The molecular weight excluding hydrogens is 713 g/mol. The summed E-state index contributed by atoms with van der Waals surface area (Å²) in [6.07, 6.45) is 11.4. The lowest BCUT2D eigenvalue weighted by Gasteiger charge is -2.41. The van der Waals surface area contributed by atoms with Gasteiger partial charge in [0.15, 0.2) is 5.82 Å². The molecule has 1 amide bonds. The Morgan fingerprint density at radius 2 is 1.95 bits per heavy atom. The Hall–Kier alpha value is -5.95. The summed E-state index contributed by atoms with van der Waals surface area (Å²) in [4.78, 5) is 33.3. The summed E-state index contributed by atoms with van der Waals surface area (Å²) in [5, 5.41) is 23.6. The Morgan fingerprint density at radius 3 is 2.71 bits per heavy atom. The van der Waals surface area contributed by atoms with E-state index >= 15 is 8.78 Å². The van der Waals surface area contributed by atoms with Crippen molar-refractivity contribution in [2.75, 3.05) is 37.7 Å². The highest BCUT2D eigenvalue weighted by Gasteiger charge is 2.50. The normalized spacial score (nSPS) is 23.7. The van der Waals surface area contributed by atoms with Gasteiger partial charge >= 0.3 is 6.01 Å². The number of H-pyrrole nitrogens is 1. The molecule has 0 spiro atoms. The first-order chi connectivity index (χ1) is 26.6. The van der Waals surface area contributed by atoms with Crippen LogP contribution in [0.1, 0.15) is 48.3 Å². The average molecular weight is 749 g/mol. The smallest absolute Gasteiger partial charge is 0.319 e. The lowest BCUT2D eigenvalue weighted by molar-refractivity contribution is 0.0628. The van der Waals surface area contributed by atoms with Gasteiger partial charge in [-0.3, -0.25) is 19.5 Å². The van der Waals surface area contributed by atoms with Gasteiger partial charge in [-0.05, 0) is 61.4 Å². The van der Waals surface area contributed by atoms with Crippen LogP contribution in [0.15, 0.2) is 36.8 Å². The van der Waals surface area contributed by atoms with E-state index in [1.54, 1.807) is 17.9 Å². The van der Waals surface area contributed by atoms with Crippen molar-refractivity contribution in [3.63, 3.8) is 0 Å². The van der Waals surface area contributed by atoms with E-state index < -0.39 is 23.3 Å². The van der Waals surface area contributed by atoms with E-state index in [-0.39, 0.29) is 75.3 Å². The summed E-state index contributed by atoms with van der Waals surface area (Å²) in [5.74, 6) is 1.10. The van der Waals surface area contributed by atoms with E-state index in [0.717, 1.165) is 32.2 Å². The van der Waals surface area contributed by atoms with Gasteiger partial charge in [-0.25, -0.2) is 18.2 Å². The molecule has 4 aliphatic rings. The molecule has 0 saturated carbocycles. The van der Waals surface area contributed by atoms with Crippen molar-refractivity contribution in [1.29, 1.82) is 0 Å². The summed E-state index contributed by atoms with van der Waals surface area (Å²) in [7, 11) is 1.71. The van der Waals surface area contributed by atoms with Crippen LogP contribution in [0.25, 0.3) is 43.7 Å². The standard InChI is InChI=1S/C39H35F3N10O3/c1-3-25-28(41)8-5-20-11-24(53)12-26(29(20)25)30-32(42)34-31(27-17-49(2)48-33(27)30)36(46-38(45-34)55-18-39-9-4-10-51(39)14-21(40)13-39)50-15-22-6-7-23(16-50)52(22)37(54)35-43-19-44-47-35/h1,5,8,11-12,17,19,21-23,53H,4,6-7,9-10,13-16,18H2,2H3,(H,43,44,47)/t21-,22?,23?,39+/m1/s1. The molecule has 4 aliphatic heterocycles. The number of piperazine rings is 1. The average Bonchev–Trinajstić information content (AvgIpc) is 4.00. The third-order valence-electron chi connectivity index (χ3n) is 12.0. The van der Waals surface area contributed by atoms with Crippen molar-refractivity contribution in [3.05, 3.63) is 59.8 Å². The van der Waals surface area contributed by atoms with Crippen molar-refractivity contribution >= 4 is 44.3 Å². The lowest BCUT2D eigenvalue weighted by Crippen LogP contribution is -2.56. The van der Waals surface area contributed by atoms with E-state index in [2.05, 4.69) is 26.0 Å². The van der Waals surface area contributed by atoms with E-state index in [1.807, 2.05) is 9.80 Å². The molecule has 0 aliphatic carbocycles. The maximum Gasteiger partial charge on any atom is 0.319 e. The third-order valence-corrected chi connectivity index (χ3v) is 12.0. The minimum Gasteiger partial charge on any atom is -0.508 e. The molecule has 4 atom stereocenters. The van der Waals surface area contributed by atoms with Crippen LogP contribution < -0.4 is 9.64 Å². The maximum atomic E-state index is 17.7. The van der Waals surface area contributed by atoms with Gasteiger partial charge in [-0.2, -0.15) is 20.2 Å². The number of ether oxygens (including phenoxy) is 1. The molecule has 55 heavy (non-hydrogen) atoms. The second-order valence-corrected chi connectivity index (χ2v) is 15.2. The van der Waals surface area contributed by atoms with Crippen LogP contribution in [0.4, 0.5) is 19.0 Å². The van der Waals surface area contributed by atoms with E-state index in [9.17, 15) is 14.3 Å². The summed E-state index contributed by atoms with van der Waals surface area (Å²) in [6, 6.07) is 5.02. The molecule has 3 aromatic heterocycles. The van der Waals surface area contributed by atoms with Gasteiger partial charge in [0.25, 0.3) is 5.91 Å². The second kappa shape index (κ2) is 12.3. The number of nitrogens with zero attached hydrogens (tertiary/aromatic N) is 9. The molecule has 13 nitrogen and oxygen atoms in total. The van der Waals surface area contributed by atoms with Crippen LogP contribution in [0.5, 0.6) is 11.8 Å². The Morgan fingerprint density at radius 1 is 1.13 bits per heavy atom. The van der Waals surface area contributed by atoms with Crippen molar-refractivity contribution in [1.82, 2.24) is 44.7 Å². The van der Waals surface area contributed by atoms with Gasteiger partial charge in [0, 0.05) is 55.6 Å². The summed E-state index contributed by atoms with van der Waals surface area (Å²) >= 11 is 0. The number of anilines is 1. The Labute approximate surface area is 312 Å². The van der Waals surface area contributed by atoms with E-state index in [0.29, 0.717) is 48.0 Å². The second-order valence-electron chi connectivity index (χ2n) is 15.2. The van der Waals surface area contributed by atoms with Crippen molar-refractivity contribution < 1.29 is 27.8 Å². The number of hydrogen-bond donors (Lipinski definition) is 2. The Balaban J connectivity index is 1.17. The van der Waals surface area contributed by atoms with E-state index in [4.69, 9.17) is 26.2 Å². The van der Waals surface area contributed by atoms with Gasteiger partial charge in [-0.15, -0.1) is 6.42 Å². The SMILES string of the molecule is C#Cc1c(F)ccc2cc(O)cc(-c3c(F)c4nc(OC[C@@]56CCCN5C[C@H](F)C6)nc(N5CC6CCC(C5)N6C(=O)c5ncn[nH]5)c4c4cn(C)nc34)c12. The predicted octanol–water partition coefficient (Wildman–Crippen LogP) is 4.87. The number of halogens is 3. The monoisotopic (exact) mass is 748 g/mol. The number of aromatic amines is 1.